The highest BCUT2D eigenvalue weighted by Crippen LogP contribution is 2.25. The largest absolute Gasteiger partial charge is 0.363 e. The van der Waals surface area contributed by atoms with E-state index in [0.29, 0.717) is 17.8 Å². The van der Waals surface area contributed by atoms with Crippen molar-refractivity contribution in [2.45, 2.75) is 45.2 Å². The predicted molar refractivity (Wildman–Crippen MR) is 93.3 cm³/mol. The second-order valence-electron chi connectivity index (χ2n) is 6.35. The highest BCUT2D eigenvalue weighted by molar-refractivity contribution is 5.69. The van der Waals surface area contributed by atoms with Gasteiger partial charge in [0.05, 0.1) is 30.1 Å². The van der Waals surface area contributed by atoms with Crippen LogP contribution in [0.4, 0.5) is 5.69 Å². The molecule has 1 N–H and O–H groups in total. The Kier molecular flexibility index (Phi) is 4.58. The summed E-state index contributed by atoms with van der Waals surface area (Å²) in [4.78, 5) is 19.3. The van der Waals surface area contributed by atoms with Gasteiger partial charge in [-0.15, -0.1) is 0 Å². The van der Waals surface area contributed by atoms with Crippen molar-refractivity contribution in [1.82, 2.24) is 19.5 Å². The third kappa shape index (κ3) is 2.78. The van der Waals surface area contributed by atoms with Crippen LogP contribution in [0.2, 0.25) is 0 Å². The minimum atomic E-state index is -0.0696. The summed E-state index contributed by atoms with van der Waals surface area (Å²) in [5.74, 6) is 0. The Bertz CT molecular complexity index is 830. The number of aromatic nitrogens is 3. The lowest BCUT2D eigenvalue weighted by molar-refractivity contribution is 0.378. The quantitative estimate of drug-likeness (QED) is 0.908. The zero-order chi connectivity index (χ0) is 17.3. The maximum atomic E-state index is 12.4. The van der Waals surface area contributed by atoms with E-state index in [0.717, 1.165) is 37.3 Å². The molecule has 0 amide bonds. The monoisotopic (exact) mass is 328 g/mol. The van der Waals surface area contributed by atoms with Crippen LogP contribution in [-0.2, 0) is 13.5 Å². The fraction of sp³-hybridized carbons (Fsp3) is 0.588. The third-order valence-electron chi connectivity index (χ3n) is 4.90. The van der Waals surface area contributed by atoms with Gasteiger partial charge in [-0.05, 0) is 12.8 Å². The summed E-state index contributed by atoms with van der Waals surface area (Å²) in [5.41, 5.74) is 2.24. The van der Waals surface area contributed by atoms with E-state index in [2.05, 4.69) is 35.1 Å². The Morgan fingerprint density at radius 3 is 2.88 bits per heavy atom. The van der Waals surface area contributed by atoms with Gasteiger partial charge in [0.1, 0.15) is 0 Å². The molecule has 7 heteroatoms. The van der Waals surface area contributed by atoms with Gasteiger partial charge in [0, 0.05) is 38.3 Å². The molecule has 2 aromatic heterocycles. The second kappa shape index (κ2) is 6.65. The number of aryl methyl sites for hydroxylation is 1. The van der Waals surface area contributed by atoms with Crippen LogP contribution in [0, 0.1) is 11.3 Å². The lowest BCUT2D eigenvalue weighted by Gasteiger charge is -2.41. The predicted octanol–water partition coefficient (Wildman–Crippen LogP) is 1.07. The average Bonchev–Trinajstić information content (AvgIpc) is 3.02. The van der Waals surface area contributed by atoms with Gasteiger partial charge >= 0.3 is 0 Å². The minimum Gasteiger partial charge on any atom is -0.363 e. The van der Waals surface area contributed by atoms with Crippen LogP contribution >= 0.6 is 0 Å². The van der Waals surface area contributed by atoms with Crippen LogP contribution in [-0.4, -0.2) is 39.4 Å². The number of nitrogens with zero attached hydrogens (tertiary/aromatic N) is 5. The van der Waals surface area contributed by atoms with Crippen molar-refractivity contribution in [3.63, 3.8) is 0 Å². The fourth-order valence-corrected chi connectivity index (χ4v) is 3.38. The first-order valence-corrected chi connectivity index (χ1v) is 8.54. The number of imidazole rings is 1. The summed E-state index contributed by atoms with van der Waals surface area (Å²) in [5, 5.41) is 12.5. The molecule has 24 heavy (non-hydrogen) atoms. The molecule has 7 nitrogen and oxygen atoms in total. The molecule has 0 spiro atoms. The third-order valence-corrected chi connectivity index (χ3v) is 4.90. The summed E-state index contributed by atoms with van der Waals surface area (Å²) in [6, 6.07) is 4.55. The van der Waals surface area contributed by atoms with Gasteiger partial charge in [0.25, 0.3) is 5.56 Å². The van der Waals surface area contributed by atoms with Crippen molar-refractivity contribution in [2.24, 2.45) is 7.05 Å². The number of hydrogen-bond donors (Lipinski definition) is 1. The van der Waals surface area contributed by atoms with E-state index in [4.69, 9.17) is 5.26 Å². The standard InChI is InChI=1S/C17H24N6O/c1-4-12-10-22(14(5-2)9-19-12)15-8-16(24)21(3)23-11-13(6-7-18)20-17(15)23/h8,11-12,14,19H,4-6,9-10H2,1-3H3/t12-,14+/m1/s1. The molecule has 1 aliphatic rings. The molecule has 1 saturated heterocycles. The van der Waals surface area contributed by atoms with Crippen molar-refractivity contribution in [3.05, 3.63) is 28.3 Å². The van der Waals surface area contributed by atoms with Gasteiger partial charge in [0.2, 0.25) is 0 Å². The summed E-state index contributed by atoms with van der Waals surface area (Å²) in [7, 11) is 1.72. The van der Waals surface area contributed by atoms with E-state index in [-0.39, 0.29) is 12.0 Å². The summed E-state index contributed by atoms with van der Waals surface area (Å²) in [6.45, 7) is 6.10. The van der Waals surface area contributed by atoms with Gasteiger partial charge in [0.15, 0.2) is 5.65 Å². The zero-order valence-corrected chi connectivity index (χ0v) is 14.5. The van der Waals surface area contributed by atoms with E-state index in [1.165, 1.54) is 4.68 Å². The molecule has 2 atom stereocenters. The van der Waals surface area contributed by atoms with Gasteiger partial charge < -0.3 is 10.2 Å². The number of nitriles is 1. The van der Waals surface area contributed by atoms with Crippen LogP contribution in [0.5, 0.6) is 0 Å². The molecule has 0 aromatic carbocycles. The number of hydrogen-bond acceptors (Lipinski definition) is 5. The first kappa shape index (κ1) is 16.5. The number of anilines is 1. The van der Waals surface area contributed by atoms with Crippen LogP contribution in [0.25, 0.3) is 5.65 Å². The molecular weight excluding hydrogens is 304 g/mol. The maximum absolute atomic E-state index is 12.4. The molecule has 128 valence electrons. The molecule has 3 heterocycles. The molecule has 0 saturated carbocycles. The van der Waals surface area contributed by atoms with Crippen LogP contribution < -0.4 is 15.8 Å². The van der Waals surface area contributed by atoms with Crippen molar-refractivity contribution in [1.29, 1.82) is 5.26 Å². The average molecular weight is 328 g/mol. The minimum absolute atomic E-state index is 0.0696. The first-order valence-electron chi connectivity index (χ1n) is 8.54. The Hall–Kier alpha value is -2.33. The molecule has 1 fully saturated rings. The van der Waals surface area contributed by atoms with Crippen molar-refractivity contribution in [2.75, 3.05) is 18.0 Å². The molecule has 2 aromatic rings. The molecule has 0 unspecified atom stereocenters. The molecular formula is C17H24N6O. The Labute approximate surface area is 141 Å². The van der Waals surface area contributed by atoms with Crippen molar-refractivity contribution in [3.8, 4) is 6.07 Å². The van der Waals surface area contributed by atoms with Crippen LogP contribution in [0.1, 0.15) is 32.4 Å². The summed E-state index contributed by atoms with van der Waals surface area (Å²) in [6.07, 6.45) is 4.06. The number of piperazine rings is 1. The Morgan fingerprint density at radius 1 is 1.42 bits per heavy atom. The van der Waals surface area contributed by atoms with Gasteiger partial charge in [-0.2, -0.15) is 5.26 Å². The number of rotatable bonds is 4. The van der Waals surface area contributed by atoms with Crippen LogP contribution in [0.3, 0.4) is 0 Å². The second-order valence-corrected chi connectivity index (χ2v) is 6.35. The highest BCUT2D eigenvalue weighted by Gasteiger charge is 2.28. The van der Waals surface area contributed by atoms with Gasteiger partial charge in [-0.1, -0.05) is 13.8 Å². The van der Waals surface area contributed by atoms with E-state index < -0.39 is 0 Å². The van der Waals surface area contributed by atoms with E-state index >= 15 is 0 Å². The summed E-state index contributed by atoms with van der Waals surface area (Å²) >= 11 is 0. The Balaban J connectivity index is 2.15. The fourth-order valence-electron chi connectivity index (χ4n) is 3.38. The Morgan fingerprint density at radius 2 is 2.21 bits per heavy atom. The highest BCUT2D eigenvalue weighted by atomic mass is 16.1. The maximum Gasteiger partial charge on any atom is 0.267 e. The molecule has 3 rings (SSSR count). The zero-order valence-electron chi connectivity index (χ0n) is 14.5. The SMILES string of the molecule is CC[C@@H]1CN(c2cc(=O)n(C)n3cc(CC#N)nc23)[C@@H](CC)CN1. The summed E-state index contributed by atoms with van der Waals surface area (Å²) < 4.78 is 3.30. The molecule has 0 aliphatic carbocycles. The molecule has 0 bridgehead atoms. The van der Waals surface area contributed by atoms with E-state index in [1.54, 1.807) is 23.8 Å². The van der Waals surface area contributed by atoms with Crippen LogP contribution in [0.15, 0.2) is 17.1 Å². The van der Waals surface area contributed by atoms with E-state index in [1.807, 2.05) is 0 Å². The molecule has 1 aliphatic heterocycles. The van der Waals surface area contributed by atoms with Crippen molar-refractivity contribution < 1.29 is 0 Å². The lowest BCUT2D eigenvalue weighted by Crippen LogP contribution is -2.56. The van der Waals surface area contributed by atoms with Gasteiger partial charge in [-0.3, -0.25) is 4.79 Å². The normalized spacial score (nSPS) is 21.2. The van der Waals surface area contributed by atoms with Gasteiger partial charge in [-0.25, -0.2) is 14.2 Å². The number of nitrogens with one attached hydrogen (secondary N) is 1. The lowest BCUT2D eigenvalue weighted by atomic mass is 10.0. The topological polar surface area (TPSA) is 78.4 Å². The van der Waals surface area contributed by atoms with Crippen molar-refractivity contribution >= 4 is 11.3 Å². The smallest absolute Gasteiger partial charge is 0.267 e. The molecule has 0 radical (unpaired) electrons. The first-order chi connectivity index (χ1) is 11.6. The number of fused-ring (bicyclic) bond motifs is 1. The van der Waals surface area contributed by atoms with E-state index in [9.17, 15) is 4.79 Å².